The van der Waals surface area contributed by atoms with Crippen LogP contribution in [-0.4, -0.2) is 47.1 Å². The Balaban J connectivity index is 1.73. The molecule has 0 bridgehead atoms. The van der Waals surface area contributed by atoms with E-state index in [2.05, 4.69) is 39.5 Å². The van der Waals surface area contributed by atoms with Gasteiger partial charge in [-0.2, -0.15) is 4.98 Å². The average molecular weight is 335 g/mol. The van der Waals surface area contributed by atoms with E-state index in [1.54, 1.807) is 0 Å². The highest BCUT2D eigenvalue weighted by Crippen LogP contribution is 2.37. The summed E-state index contributed by atoms with van der Waals surface area (Å²) in [6, 6.07) is 0. The fourth-order valence-electron chi connectivity index (χ4n) is 3.75. The van der Waals surface area contributed by atoms with Gasteiger partial charge in [0.2, 0.25) is 11.8 Å². The first kappa shape index (κ1) is 17.4. The maximum Gasteiger partial charge on any atom is 0.240 e. The number of rotatable bonds is 7. The minimum atomic E-state index is -0.440. The topological polar surface area (TPSA) is 83.3 Å². The maximum atomic E-state index is 12.6. The molecule has 0 spiro atoms. The van der Waals surface area contributed by atoms with Crippen molar-refractivity contribution in [3.63, 3.8) is 0 Å². The van der Waals surface area contributed by atoms with Crippen LogP contribution < -0.4 is 10.6 Å². The number of nitrogens with zero attached hydrogens (tertiary/aromatic N) is 3. The number of nitrogens with one attached hydrogen (secondary N) is 2. The van der Waals surface area contributed by atoms with Gasteiger partial charge in [0.15, 0.2) is 5.82 Å². The molecule has 1 aliphatic heterocycles. The molecule has 7 nitrogen and oxygen atoms in total. The summed E-state index contributed by atoms with van der Waals surface area (Å²) < 4.78 is 5.48. The zero-order valence-electron chi connectivity index (χ0n) is 14.8. The second-order valence-corrected chi connectivity index (χ2v) is 6.94. The maximum absolute atomic E-state index is 12.6. The molecule has 134 valence electrons. The summed E-state index contributed by atoms with van der Waals surface area (Å²) in [4.78, 5) is 19.5. The van der Waals surface area contributed by atoms with Crippen molar-refractivity contribution in [1.82, 2.24) is 25.7 Å². The minimum Gasteiger partial charge on any atom is -0.343 e. The molecule has 1 amide bonds. The summed E-state index contributed by atoms with van der Waals surface area (Å²) in [5.74, 6) is 1.47. The van der Waals surface area contributed by atoms with Crippen LogP contribution in [0.2, 0.25) is 0 Å². The third-order valence-electron chi connectivity index (χ3n) is 5.40. The van der Waals surface area contributed by atoms with Gasteiger partial charge in [-0.15, -0.1) is 0 Å². The van der Waals surface area contributed by atoms with Crippen molar-refractivity contribution in [2.45, 2.75) is 58.0 Å². The van der Waals surface area contributed by atoms with Gasteiger partial charge < -0.3 is 15.2 Å². The monoisotopic (exact) mass is 335 g/mol. The predicted molar refractivity (Wildman–Crippen MR) is 90.2 cm³/mol. The summed E-state index contributed by atoms with van der Waals surface area (Å²) >= 11 is 0. The highest BCUT2D eigenvalue weighted by atomic mass is 16.5. The van der Waals surface area contributed by atoms with Crippen LogP contribution in [0.3, 0.4) is 0 Å². The van der Waals surface area contributed by atoms with Crippen LogP contribution in [0, 0.1) is 5.92 Å². The van der Waals surface area contributed by atoms with Crippen LogP contribution in [0.15, 0.2) is 4.52 Å². The van der Waals surface area contributed by atoms with Crippen molar-refractivity contribution in [1.29, 1.82) is 0 Å². The van der Waals surface area contributed by atoms with Crippen molar-refractivity contribution in [3.05, 3.63) is 11.7 Å². The minimum absolute atomic E-state index is 0.0597. The van der Waals surface area contributed by atoms with E-state index >= 15 is 0 Å². The Morgan fingerprint density at radius 1 is 1.38 bits per heavy atom. The zero-order chi connectivity index (χ0) is 17.0. The van der Waals surface area contributed by atoms with Crippen LogP contribution in [0.1, 0.15) is 57.7 Å². The first-order valence-corrected chi connectivity index (χ1v) is 9.25. The molecule has 0 aromatic carbocycles. The summed E-state index contributed by atoms with van der Waals surface area (Å²) in [5, 5.41) is 10.7. The average Bonchev–Trinajstić information content (AvgIpc) is 3.33. The molecule has 2 N–H and O–H groups in total. The van der Waals surface area contributed by atoms with E-state index in [1.807, 2.05) is 0 Å². The molecule has 0 radical (unpaired) electrons. The lowest BCUT2D eigenvalue weighted by molar-refractivity contribution is -0.126. The first-order chi connectivity index (χ1) is 11.7. The van der Waals surface area contributed by atoms with E-state index in [1.165, 1.54) is 0 Å². The molecule has 3 rings (SSSR count). The van der Waals surface area contributed by atoms with E-state index in [0.717, 1.165) is 58.3 Å². The van der Waals surface area contributed by atoms with Gasteiger partial charge in [-0.05, 0) is 38.9 Å². The van der Waals surface area contributed by atoms with Gasteiger partial charge in [0.25, 0.3) is 0 Å². The summed E-state index contributed by atoms with van der Waals surface area (Å²) in [5.41, 5.74) is -0.440. The molecule has 1 atom stereocenters. The fourth-order valence-corrected chi connectivity index (χ4v) is 3.75. The van der Waals surface area contributed by atoms with E-state index in [-0.39, 0.29) is 11.8 Å². The molecular formula is C17H29N5O2. The van der Waals surface area contributed by atoms with Gasteiger partial charge in [0.05, 0.1) is 12.5 Å². The molecule has 24 heavy (non-hydrogen) atoms. The first-order valence-electron chi connectivity index (χ1n) is 9.25. The zero-order valence-corrected chi connectivity index (χ0v) is 14.8. The molecular weight excluding hydrogens is 306 g/mol. The third kappa shape index (κ3) is 3.62. The van der Waals surface area contributed by atoms with Crippen LogP contribution in [0.5, 0.6) is 0 Å². The van der Waals surface area contributed by atoms with Gasteiger partial charge in [-0.3, -0.25) is 9.69 Å². The van der Waals surface area contributed by atoms with Crippen LogP contribution >= 0.6 is 0 Å². The van der Waals surface area contributed by atoms with Crippen molar-refractivity contribution in [2.75, 3.05) is 26.2 Å². The Bertz CT molecular complexity index is 543. The molecule has 1 saturated heterocycles. The summed E-state index contributed by atoms with van der Waals surface area (Å²) in [7, 11) is 0. The second kappa shape index (κ2) is 7.61. The van der Waals surface area contributed by atoms with Crippen molar-refractivity contribution in [3.8, 4) is 0 Å². The highest BCUT2D eigenvalue weighted by Gasteiger charge is 2.42. The summed E-state index contributed by atoms with van der Waals surface area (Å²) in [6.45, 7) is 8.49. The molecule has 1 aliphatic carbocycles. The number of carbonyl (C=O) groups excluding carboxylic acids is 1. The number of carbonyl (C=O) groups is 1. The normalized spacial score (nSPS) is 23.0. The number of aromatic nitrogens is 2. The lowest BCUT2D eigenvalue weighted by Gasteiger charge is -2.28. The molecule has 2 heterocycles. The third-order valence-corrected chi connectivity index (χ3v) is 5.40. The number of amides is 1. The fraction of sp³-hybridized carbons (Fsp3) is 0.824. The van der Waals surface area contributed by atoms with E-state index in [9.17, 15) is 4.79 Å². The van der Waals surface area contributed by atoms with Gasteiger partial charge in [0.1, 0.15) is 5.54 Å². The Kier molecular flexibility index (Phi) is 5.50. The van der Waals surface area contributed by atoms with E-state index in [0.29, 0.717) is 18.3 Å². The molecule has 1 aromatic heterocycles. The Morgan fingerprint density at radius 3 is 2.75 bits per heavy atom. The van der Waals surface area contributed by atoms with Crippen LogP contribution in [0.4, 0.5) is 0 Å². The van der Waals surface area contributed by atoms with Gasteiger partial charge in [0, 0.05) is 6.54 Å². The molecule has 1 saturated carbocycles. The van der Waals surface area contributed by atoms with Gasteiger partial charge in [-0.1, -0.05) is 31.8 Å². The number of hydrogen-bond donors (Lipinski definition) is 2. The largest absolute Gasteiger partial charge is 0.343 e. The molecule has 2 aliphatic rings. The number of hydrogen-bond acceptors (Lipinski definition) is 6. The van der Waals surface area contributed by atoms with Crippen LogP contribution in [-0.2, 0) is 16.9 Å². The lowest BCUT2D eigenvalue weighted by Crippen LogP contribution is -2.47. The quantitative estimate of drug-likeness (QED) is 0.784. The van der Waals surface area contributed by atoms with Gasteiger partial charge in [-0.25, -0.2) is 0 Å². The molecule has 1 unspecified atom stereocenters. The van der Waals surface area contributed by atoms with Crippen molar-refractivity contribution < 1.29 is 9.32 Å². The molecule has 1 aromatic rings. The van der Waals surface area contributed by atoms with Gasteiger partial charge >= 0.3 is 0 Å². The van der Waals surface area contributed by atoms with Crippen molar-refractivity contribution >= 4 is 5.91 Å². The standard InChI is InChI=1S/C17H29N5O2/c1-3-22(4-2)12-14-19-16(21-24-14)17(8-5-6-9-17)20-15(23)13-7-10-18-11-13/h13,18H,3-12H2,1-2H3,(H,20,23). The lowest BCUT2D eigenvalue weighted by atomic mass is 9.95. The highest BCUT2D eigenvalue weighted by molar-refractivity contribution is 5.80. The Morgan fingerprint density at radius 2 is 2.12 bits per heavy atom. The second-order valence-electron chi connectivity index (χ2n) is 6.94. The van der Waals surface area contributed by atoms with E-state index < -0.39 is 5.54 Å². The molecule has 7 heteroatoms. The Hall–Kier alpha value is -1.47. The Labute approximate surface area is 143 Å². The summed E-state index contributed by atoms with van der Waals surface area (Å²) in [6.07, 6.45) is 4.86. The smallest absolute Gasteiger partial charge is 0.240 e. The van der Waals surface area contributed by atoms with E-state index in [4.69, 9.17) is 4.52 Å². The van der Waals surface area contributed by atoms with Crippen molar-refractivity contribution in [2.24, 2.45) is 5.92 Å². The predicted octanol–water partition coefficient (Wildman–Crippen LogP) is 1.41. The SMILES string of the molecule is CCN(CC)Cc1nc(C2(NC(=O)C3CCNC3)CCCC2)no1. The molecule has 2 fully saturated rings. The van der Waals surface area contributed by atoms with Crippen LogP contribution in [0.25, 0.3) is 0 Å².